The topological polar surface area (TPSA) is 67.5 Å². The molecule has 0 atom stereocenters. The molecule has 4 heteroatoms. The number of allylic oxidation sites excluding steroid dienone is 2. The van der Waals surface area contributed by atoms with Crippen LogP contribution in [-0.2, 0) is 0 Å². The van der Waals surface area contributed by atoms with Crippen molar-refractivity contribution in [2.24, 2.45) is 10.8 Å². The molecule has 2 amide bonds. The van der Waals surface area contributed by atoms with Gasteiger partial charge in [-0.05, 0) is 31.8 Å². The molecule has 3 N–H and O–H groups in total. The van der Waals surface area contributed by atoms with E-state index in [9.17, 15) is 4.79 Å². The second-order valence-electron chi connectivity index (χ2n) is 2.79. The van der Waals surface area contributed by atoms with Gasteiger partial charge in [0, 0.05) is 0 Å². The highest BCUT2D eigenvalue weighted by Gasteiger charge is 2.06. The number of rotatable bonds is 2. The molecule has 0 fully saturated rings. The molecule has 0 radical (unpaired) electrons. The summed E-state index contributed by atoms with van der Waals surface area (Å²) in [7, 11) is 0. The van der Waals surface area contributed by atoms with E-state index in [2.05, 4.69) is 16.6 Å². The zero-order valence-corrected chi connectivity index (χ0v) is 7.13. The highest BCUT2D eigenvalue weighted by molar-refractivity contribution is 5.98. The Hall–Kier alpha value is -1.32. The maximum Gasteiger partial charge on any atom is 0.332 e. The number of carbonyl (C=O) groups excluding carboxylic acids is 1. The van der Waals surface area contributed by atoms with E-state index in [1.807, 2.05) is 6.92 Å². The number of nitrogens with zero attached hydrogens (tertiary/aromatic N) is 1. The third-order valence-electron chi connectivity index (χ3n) is 1.84. The number of nitrogens with two attached hydrogens (primary N) is 1. The minimum Gasteiger partial charge on any atom is -0.350 e. The van der Waals surface area contributed by atoms with Crippen molar-refractivity contribution >= 4 is 11.7 Å². The molecule has 0 saturated carbocycles. The van der Waals surface area contributed by atoms with Crippen molar-refractivity contribution in [2.75, 3.05) is 0 Å². The highest BCUT2D eigenvalue weighted by Crippen LogP contribution is 2.18. The fourth-order valence-electron chi connectivity index (χ4n) is 1.21. The van der Waals surface area contributed by atoms with Gasteiger partial charge in [0.1, 0.15) is 0 Å². The summed E-state index contributed by atoms with van der Waals surface area (Å²) in [6.45, 7) is 1.87. The van der Waals surface area contributed by atoms with Crippen molar-refractivity contribution in [3.05, 3.63) is 11.6 Å². The van der Waals surface area contributed by atoms with Crippen LogP contribution in [0.4, 0.5) is 4.79 Å². The van der Waals surface area contributed by atoms with Crippen LogP contribution in [0.1, 0.15) is 26.2 Å². The van der Waals surface area contributed by atoms with Crippen molar-refractivity contribution in [2.45, 2.75) is 26.2 Å². The molecule has 12 heavy (non-hydrogen) atoms. The first-order valence-electron chi connectivity index (χ1n) is 3.99. The number of hydrogen-bond donors (Lipinski definition) is 2. The van der Waals surface area contributed by atoms with Gasteiger partial charge in [-0.3, -0.25) is 0 Å². The standard InChI is InChI=1S/C8H13N3O/c1-6(10-11-8(9)12)7-4-2-3-5-7/h4H,2-3,5H2,1H3,(H3,9,11,12)/b10-6+. The fourth-order valence-corrected chi connectivity index (χ4v) is 1.21. The molecule has 0 heterocycles. The minimum absolute atomic E-state index is 0.618. The van der Waals surface area contributed by atoms with Crippen LogP contribution in [0, 0.1) is 0 Å². The summed E-state index contributed by atoms with van der Waals surface area (Å²) in [5.74, 6) is 0. The van der Waals surface area contributed by atoms with Gasteiger partial charge in [0.15, 0.2) is 0 Å². The molecule has 0 bridgehead atoms. The van der Waals surface area contributed by atoms with Gasteiger partial charge in [0.05, 0.1) is 5.71 Å². The van der Waals surface area contributed by atoms with E-state index in [1.54, 1.807) is 0 Å². The van der Waals surface area contributed by atoms with Gasteiger partial charge in [0.25, 0.3) is 0 Å². The average molecular weight is 167 g/mol. The zero-order chi connectivity index (χ0) is 8.97. The third kappa shape index (κ3) is 2.38. The Balaban J connectivity index is 2.50. The molecule has 0 unspecified atom stereocenters. The predicted molar refractivity (Wildman–Crippen MR) is 47.8 cm³/mol. The number of primary amides is 1. The molecule has 0 spiro atoms. The van der Waals surface area contributed by atoms with E-state index in [1.165, 1.54) is 12.0 Å². The lowest BCUT2D eigenvalue weighted by Crippen LogP contribution is -2.25. The molecule has 0 aromatic carbocycles. The Morgan fingerprint density at radius 1 is 1.75 bits per heavy atom. The van der Waals surface area contributed by atoms with Crippen LogP contribution in [0.25, 0.3) is 0 Å². The quantitative estimate of drug-likeness (QED) is 0.470. The number of urea groups is 1. The minimum atomic E-state index is -0.618. The van der Waals surface area contributed by atoms with Gasteiger partial charge in [-0.2, -0.15) is 5.10 Å². The van der Waals surface area contributed by atoms with Crippen molar-refractivity contribution in [3.8, 4) is 0 Å². The Labute approximate surface area is 71.5 Å². The number of carbonyl (C=O) groups is 1. The zero-order valence-electron chi connectivity index (χ0n) is 7.13. The van der Waals surface area contributed by atoms with Crippen LogP contribution < -0.4 is 11.2 Å². The van der Waals surface area contributed by atoms with E-state index < -0.39 is 6.03 Å². The first-order valence-corrected chi connectivity index (χ1v) is 3.99. The Kier molecular flexibility index (Phi) is 2.85. The van der Waals surface area contributed by atoms with Gasteiger partial charge < -0.3 is 5.73 Å². The highest BCUT2D eigenvalue weighted by atomic mass is 16.2. The van der Waals surface area contributed by atoms with Crippen LogP contribution in [-0.4, -0.2) is 11.7 Å². The maximum absolute atomic E-state index is 10.3. The monoisotopic (exact) mass is 167 g/mol. The van der Waals surface area contributed by atoms with Gasteiger partial charge in [-0.1, -0.05) is 6.08 Å². The van der Waals surface area contributed by atoms with Crippen LogP contribution in [0.3, 0.4) is 0 Å². The summed E-state index contributed by atoms with van der Waals surface area (Å²) in [5.41, 5.74) is 9.14. The number of amides is 2. The largest absolute Gasteiger partial charge is 0.350 e. The Morgan fingerprint density at radius 2 is 2.50 bits per heavy atom. The van der Waals surface area contributed by atoms with Crippen LogP contribution in [0.15, 0.2) is 16.8 Å². The lowest BCUT2D eigenvalue weighted by atomic mass is 10.1. The van der Waals surface area contributed by atoms with E-state index in [4.69, 9.17) is 5.73 Å². The number of nitrogens with one attached hydrogen (secondary N) is 1. The van der Waals surface area contributed by atoms with Crippen molar-refractivity contribution in [1.82, 2.24) is 5.43 Å². The third-order valence-corrected chi connectivity index (χ3v) is 1.84. The van der Waals surface area contributed by atoms with Crippen LogP contribution >= 0.6 is 0 Å². The number of hydrazone groups is 1. The molecular formula is C8H13N3O. The first-order chi connectivity index (χ1) is 5.70. The smallest absolute Gasteiger partial charge is 0.332 e. The molecule has 1 aliphatic rings. The molecule has 0 aromatic rings. The summed E-state index contributed by atoms with van der Waals surface area (Å²) in [6, 6.07) is -0.618. The van der Waals surface area contributed by atoms with Crippen molar-refractivity contribution in [1.29, 1.82) is 0 Å². The van der Waals surface area contributed by atoms with E-state index >= 15 is 0 Å². The summed E-state index contributed by atoms with van der Waals surface area (Å²) < 4.78 is 0. The average Bonchev–Trinajstić information content (AvgIpc) is 2.51. The summed E-state index contributed by atoms with van der Waals surface area (Å²) in [5, 5.41) is 3.83. The summed E-state index contributed by atoms with van der Waals surface area (Å²) in [6.07, 6.45) is 5.48. The van der Waals surface area contributed by atoms with Crippen molar-refractivity contribution < 1.29 is 4.79 Å². The molecular weight excluding hydrogens is 154 g/mol. The van der Waals surface area contributed by atoms with E-state index in [-0.39, 0.29) is 0 Å². The maximum atomic E-state index is 10.3. The molecule has 0 aromatic heterocycles. The fraction of sp³-hybridized carbons (Fsp3) is 0.500. The summed E-state index contributed by atoms with van der Waals surface area (Å²) >= 11 is 0. The van der Waals surface area contributed by atoms with Crippen LogP contribution in [0.5, 0.6) is 0 Å². The SMILES string of the molecule is C/C(=N\NC(N)=O)C1=CCCC1. The van der Waals surface area contributed by atoms with E-state index in [0.717, 1.165) is 18.6 Å². The molecule has 1 aliphatic carbocycles. The normalized spacial score (nSPS) is 17.4. The van der Waals surface area contributed by atoms with Gasteiger partial charge in [0.2, 0.25) is 0 Å². The predicted octanol–water partition coefficient (Wildman–Crippen LogP) is 1.14. The molecule has 1 rings (SSSR count). The Morgan fingerprint density at radius 3 is 3.00 bits per heavy atom. The lowest BCUT2D eigenvalue weighted by molar-refractivity contribution is 0.249. The lowest BCUT2D eigenvalue weighted by Gasteiger charge is -1.99. The molecule has 4 nitrogen and oxygen atoms in total. The van der Waals surface area contributed by atoms with E-state index in [0.29, 0.717) is 0 Å². The molecule has 0 saturated heterocycles. The second kappa shape index (κ2) is 3.90. The van der Waals surface area contributed by atoms with Crippen molar-refractivity contribution in [3.63, 3.8) is 0 Å². The number of hydrogen-bond acceptors (Lipinski definition) is 2. The second-order valence-corrected chi connectivity index (χ2v) is 2.79. The van der Waals surface area contributed by atoms with Gasteiger partial charge in [-0.15, -0.1) is 0 Å². The molecule has 66 valence electrons. The first kappa shape index (κ1) is 8.77. The van der Waals surface area contributed by atoms with Gasteiger partial charge >= 0.3 is 6.03 Å². The van der Waals surface area contributed by atoms with Crippen LogP contribution in [0.2, 0.25) is 0 Å². The Bertz CT molecular complexity index is 243. The molecule has 0 aliphatic heterocycles. The van der Waals surface area contributed by atoms with Gasteiger partial charge in [-0.25, -0.2) is 10.2 Å². The summed E-state index contributed by atoms with van der Waals surface area (Å²) in [4.78, 5) is 10.3.